The molecule has 1 aromatic heterocycles. The molecule has 0 amide bonds. The summed E-state index contributed by atoms with van der Waals surface area (Å²) in [5.41, 5.74) is 1.68. The van der Waals surface area contributed by atoms with Crippen LogP contribution in [0.4, 0.5) is 0 Å². The minimum Gasteiger partial charge on any atom is -0.481 e. The minimum absolute atomic E-state index is 0.159. The van der Waals surface area contributed by atoms with Crippen molar-refractivity contribution in [3.8, 4) is 5.88 Å². The number of benzene rings is 1. The highest BCUT2D eigenvalue weighted by Crippen LogP contribution is 2.33. The third-order valence-corrected chi connectivity index (χ3v) is 3.89. The van der Waals surface area contributed by atoms with Crippen LogP contribution in [0.5, 0.6) is 5.88 Å². The molecule has 1 heterocycles. The molecule has 1 unspecified atom stereocenters. The highest BCUT2D eigenvalue weighted by atomic mass is 35.5. The summed E-state index contributed by atoms with van der Waals surface area (Å²) in [4.78, 5) is 8.37. The Labute approximate surface area is 134 Å². The predicted octanol–water partition coefficient (Wildman–Crippen LogP) is 3.88. The molecule has 0 aliphatic carbocycles. The monoisotopic (exact) mass is 325 g/mol. The van der Waals surface area contributed by atoms with Gasteiger partial charge in [-0.1, -0.05) is 42.3 Å². The van der Waals surface area contributed by atoms with Crippen LogP contribution in [0.2, 0.25) is 10.0 Å². The number of hydrogen-bond acceptors (Lipinski definition) is 4. The molecule has 0 radical (unpaired) electrons. The molecule has 1 atom stereocenters. The Balaban J connectivity index is 2.44. The molecular weight excluding hydrogens is 309 g/mol. The lowest BCUT2D eigenvalue weighted by Gasteiger charge is -2.20. The molecule has 2 aromatic rings. The van der Waals surface area contributed by atoms with E-state index in [0.29, 0.717) is 15.9 Å². The highest BCUT2D eigenvalue weighted by molar-refractivity contribution is 6.42. The minimum atomic E-state index is -0.159. The Morgan fingerprint density at radius 2 is 2.10 bits per heavy atom. The Morgan fingerprint density at radius 3 is 2.81 bits per heavy atom. The molecule has 0 bridgehead atoms. The summed E-state index contributed by atoms with van der Waals surface area (Å²) in [6, 6.07) is 7.22. The van der Waals surface area contributed by atoms with Gasteiger partial charge in [-0.2, -0.15) is 0 Å². The van der Waals surface area contributed by atoms with Gasteiger partial charge in [0, 0.05) is 6.07 Å². The summed E-state index contributed by atoms with van der Waals surface area (Å²) in [6.07, 6.45) is 2.48. The lowest BCUT2D eigenvalue weighted by molar-refractivity contribution is 0.394. The maximum absolute atomic E-state index is 6.34. The van der Waals surface area contributed by atoms with E-state index < -0.39 is 0 Å². The standard InChI is InChI=1S/C15H17Cl2N3O/c1-3-7-18-15(10-5-4-6-11(16)14(10)17)12-8-13(21-2)20-9-19-12/h4-6,8-9,15,18H,3,7H2,1-2H3. The largest absolute Gasteiger partial charge is 0.481 e. The molecule has 2 rings (SSSR count). The fraction of sp³-hybridized carbons (Fsp3) is 0.333. The number of halogens is 2. The quantitative estimate of drug-likeness (QED) is 0.875. The third-order valence-electron chi connectivity index (χ3n) is 3.06. The van der Waals surface area contributed by atoms with Gasteiger partial charge in [0.1, 0.15) is 6.33 Å². The molecule has 6 heteroatoms. The fourth-order valence-electron chi connectivity index (χ4n) is 2.03. The molecule has 0 aliphatic rings. The number of ether oxygens (including phenoxy) is 1. The van der Waals surface area contributed by atoms with Crippen molar-refractivity contribution in [3.05, 3.63) is 51.9 Å². The summed E-state index contributed by atoms with van der Waals surface area (Å²) in [5.74, 6) is 0.515. The average Bonchev–Trinajstić information content (AvgIpc) is 2.52. The van der Waals surface area contributed by atoms with Gasteiger partial charge >= 0.3 is 0 Å². The van der Waals surface area contributed by atoms with Gasteiger partial charge in [-0.3, -0.25) is 0 Å². The maximum Gasteiger partial charge on any atom is 0.216 e. The molecule has 21 heavy (non-hydrogen) atoms. The summed E-state index contributed by atoms with van der Waals surface area (Å²) in [6.45, 7) is 2.93. The van der Waals surface area contributed by atoms with Crippen molar-refractivity contribution in [2.75, 3.05) is 13.7 Å². The SMILES string of the molecule is CCCNC(c1cc(OC)ncn1)c1cccc(Cl)c1Cl. The van der Waals surface area contributed by atoms with Gasteiger partial charge in [-0.25, -0.2) is 9.97 Å². The lowest BCUT2D eigenvalue weighted by atomic mass is 10.0. The van der Waals surface area contributed by atoms with Gasteiger partial charge in [-0.05, 0) is 24.6 Å². The maximum atomic E-state index is 6.34. The molecule has 0 saturated heterocycles. The van der Waals surface area contributed by atoms with Crippen molar-refractivity contribution in [2.24, 2.45) is 0 Å². The van der Waals surface area contributed by atoms with Crippen molar-refractivity contribution in [1.29, 1.82) is 0 Å². The summed E-state index contributed by atoms with van der Waals surface area (Å²) < 4.78 is 5.16. The number of hydrogen-bond donors (Lipinski definition) is 1. The first kappa shape index (κ1) is 16.0. The molecular formula is C15H17Cl2N3O. The van der Waals surface area contributed by atoms with Crippen LogP contribution in [0.1, 0.15) is 30.6 Å². The summed E-state index contributed by atoms with van der Waals surface area (Å²) in [5, 5.41) is 4.49. The Bertz CT molecular complexity index is 607. The van der Waals surface area contributed by atoms with E-state index in [-0.39, 0.29) is 6.04 Å². The van der Waals surface area contributed by atoms with Crippen LogP contribution in [-0.2, 0) is 0 Å². The fourth-order valence-corrected chi connectivity index (χ4v) is 2.45. The second-order valence-electron chi connectivity index (χ2n) is 4.52. The Morgan fingerprint density at radius 1 is 1.29 bits per heavy atom. The second kappa shape index (κ2) is 7.59. The van der Waals surface area contributed by atoms with E-state index in [1.165, 1.54) is 6.33 Å². The molecule has 0 spiro atoms. The van der Waals surface area contributed by atoms with Crippen molar-refractivity contribution < 1.29 is 4.74 Å². The molecule has 0 fully saturated rings. The Kier molecular flexibility index (Phi) is 5.79. The first-order valence-corrected chi connectivity index (χ1v) is 7.46. The Hall–Kier alpha value is -1.36. The normalized spacial score (nSPS) is 12.2. The van der Waals surface area contributed by atoms with Crippen molar-refractivity contribution in [2.45, 2.75) is 19.4 Å². The van der Waals surface area contributed by atoms with E-state index >= 15 is 0 Å². The molecule has 1 N–H and O–H groups in total. The van der Waals surface area contributed by atoms with Gasteiger partial charge in [-0.15, -0.1) is 0 Å². The van der Waals surface area contributed by atoms with Crippen LogP contribution in [0.3, 0.4) is 0 Å². The van der Waals surface area contributed by atoms with Crippen molar-refractivity contribution in [3.63, 3.8) is 0 Å². The topological polar surface area (TPSA) is 47.0 Å². The number of rotatable bonds is 6. The molecule has 1 aromatic carbocycles. The van der Waals surface area contributed by atoms with E-state index in [2.05, 4.69) is 22.2 Å². The summed E-state index contributed by atoms with van der Waals surface area (Å²) in [7, 11) is 1.58. The van der Waals surface area contributed by atoms with E-state index in [1.54, 1.807) is 19.2 Å². The number of methoxy groups -OCH3 is 1. The number of nitrogens with one attached hydrogen (secondary N) is 1. The van der Waals surface area contributed by atoms with Gasteiger partial charge < -0.3 is 10.1 Å². The zero-order valence-electron chi connectivity index (χ0n) is 11.9. The van der Waals surface area contributed by atoms with Gasteiger partial charge in [0.15, 0.2) is 0 Å². The second-order valence-corrected chi connectivity index (χ2v) is 5.30. The van der Waals surface area contributed by atoms with Crippen LogP contribution in [-0.4, -0.2) is 23.6 Å². The van der Waals surface area contributed by atoms with E-state index in [9.17, 15) is 0 Å². The van der Waals surface area contributed by atoms with Gasteiger partial charge in [0.05, 0.1) is 28.9 Å². The lowest BCUT2D eigenvalue weighted by Crippen LogP contribution is -2.24. The number of aromatic nitrogens is 2. The predicted molar refractivity (Wildman–Crippen MR) is 85.2 cm³/mol. The van der Waals surface area contributed by atoms with Crippen LogP contribution < -0.4 is 10.1 Å². The molecule has 4 nitrogen and oxygen atoms in total. The zero-order valence-corrected chi connectivity index (χ0v) is 13.4. The first-order valence-electron chi connectivity index (χ1n) is 6.70. The third kappa shape index (κ3) is 3.84. The van der Waals surface area contributed by atoms with Crippen LogP contribution >= 0.6 is 23.2 Å². The van der Waals surface area contributed by atoms with Crippen LogP contribution in [0, 0.1) is 0 Å². The van der Waals surface area contributed by atoms with Crippen molar-refractivity contribution in [1.82, 2.24) is 15.3 Å². The highest BCUT2D eigenvalue weighted by Gasteiger charge is 2.19. The van der Waals surface area contributed by atoms with Gasteiger partial charge in [0.2, 0.25) is 5.88 Å². The van der Waals surface area contributed by atoms with Gasteiger partial charge in [0.25, 0.3) is 0 Å². The zero-order chi connectivity index (χ0) is 15.2. The van der Waals surface area contributed by atoms with E-state index in [0.717, 1.165) is 24.2 Å². The van der Waals surface area contributed by atoms with Crippen LogP contribution in [0.25, 0.3) is 0 Å². The van der Waals surface area contributed by atoms with Crippen LogP contribution in [0.15, 0.2) is 30.6 Å². The summed E-state index contributed by atoms with van der Waals surface area (Å²) >= 11 is 12.5. The molecule has 0 saturated carbocycles. The van der Waals surface area contributed by atoms with E-state index in [4.69, 9.17) is 27.9 Å². The van der Waals surface area contributed by atoms with E-state index in [1.807, 2.05) is 12.1 Å². The smallest absolute Gasteiger partial charge is 0.216 e. The molecule has 0 aliphatic heterocycles. The van der Waals surface area contributed by atoms with Crippen molar-refractivity contribution >= 4 is 23.2 Å². The molecule has 112 valence electrons. The first-order chi connectivity index (χ1) is 10.2. The average molecular weight is 326 g/mol. The number of nitrogens with zero attached hydrogens (tertiary/aromatic N) is 2.